The number of halogens is 3. The van der Waals surface area contributed by atoms with Gasteiger partial charge in [-0.25, -0.2) is 4.98 Å². The number of hydrogen-bond acceptors (Lipinski definition) is 5. The van der Waals surface area contributed by atoms with Gasteiger partial charge in [0, 0.05) is 12.1 Å². The number of H-pyrrole nitrogens is 1. The van der Waals surface area contributed by atoms with Gasteiger partial charge < -0.3 is 5.73 Å². The smallest absolute Gasteiger partial charge is 0.326 e. The third-order valence-corrected chi connectivity index (χ3v) is 3.87. The Hall–Kier alpha value is -2.14. The van der Waals surface area contributed by atoms with E-state index in [1.54, 1.807) is 0 Å². The monoisotopic (exact) mass is 321 g/mol. The lowest BCUT2D eigenvalue weighted by Gasteiger charge is -2.09. The minimum absolute atomic E-state index is 0.0575. The molecule has 114 valence electrons. The summed E-state index contributed by atoms with van der Waals surface area (Å²) in [7, 11) is -4.03. The molecule has 0 aliphatic heterocycles. The molecule has 0 saturated carbocycles. The van der Waals surface area contributed by atoms with Crippen molar-refractivity contribution < 1.29 is 21.6 Å². The van der Waals surface area contributed by atoms with Crippen molar-refractivity contribution in [3.63, 3.8) is 0 Å². The van der Waals surface area contributed by atoms with Crippen molar-refractivity contribution in [1.82, 2.24) is 15.2 Å². The number of sulfonamides is 1. The number of pyridine rings is 1. The second kappa shape index (κ2) is 5.33. The first-order chi connectivity index (χ1) is 9.74. The predicted octanol–water partition coefficient (Wildman–Crippen LogP) is 1.08. The molecule has 2 heterocycles. The molecule has 0 bridgehead atoms. The van der Waals surface area contributed by atoms with E-state index in [4.69, 9.17) is 5.73 Å². The van der Waals surface area contributed by atoms with Crippen LogP contribution in [0.2, 0.25) is 0 Å². The van der Waals surface area contributed by atoms with Gasteiger partial charge in [-0.1, -0.05) is 0 Å². The van der Waals surface area contributed by atoms with Crippen molar-refractivity contribution in [3.05, 3.63) is 35.8 Å². The number of aromatic amines is 1. The van der Waals surface area contributed by atoms with Gasteiger partial charge in [0.1, 0.15) is 5.69 Å². The summed E-state index contributed by atoms with van der Waals surface area (Å²) in [6.07, 6.45) is -2.56. The molecule has 0 saturated heterocycles. The van der Waals surface area contributed by atoms with Gasteiger partial charge in [0.25, 0.3) is 10.0 Å². The zero-order chi connectivity index (χ0) is 15.7. The maximum absolute atomic E-state index is 12.4. The number of nitrogens with one attached hydrogen (secondary N) is 2. The fourth-order valence-electron chi connectivity index (χ4n) is 1.51. The van der Waals surface area contributed by atoms with E-state index < -0.39 is 21.9 Å². The first-order valence-electron chi connectivity index (χ1n) is 5.52. The number of nitrogens with zero attached hydrogens (tertiary/aromatic N) is 2. The Balaban J connectivity index is 2.25. The lowest BCUT2D eigenvalue weighted by molar-refractivity contribution is -0.141. The van der Waals surface area contributed by atoms with Gasteiger partial charge in [-0.05, 0) is 12.1 Å². The van der Waals surface area contributed by atoms with Crippen LogP contribution >= 0.6 is 0 Å². The number of anilines is 1. The van der Waals surface area contributed by atoms with Gasteiger partial charge in [-0.3, -0.25) is 9.82 Å². The third kappa shape index (κ3) is 3.31. The highest BCUT2D eigenvalue weighted by Gasteiger charge is 2.32. The number of hydrogen-bond donors (Lipinski definition) is 3. The summed E-state index contributed by atoms with van der Waals surface area (Å²) in [4.78, 5) is 3.16. The quantitative estimate of drug-likeness (QED) is 0.780. The molecule has 2 aromatic rings. The molecule has 2 rings (SSSR count). The number of aromatic nitrogens is 3. The topological polar surface area (TPSA) is 114 Å². The molecule has 0 aliphatic rings. The highest BCUT2D eigenvalue weighted by Crippen LogP contribution is 2.28. The summed E-state index contributed by atoms with van der Waals surface area (Å²) < 4.78 is 63.2. The van der Waals surface area contributed by atoms with Gasteiger partial charge in [0.05, 0.1) is 18.1 Å². The van der Waals surface area contributed by atoms with Gasteiger partial charge in [0.15, 0.2) is 5.03 Å². The molecule has 0 radical (unpaired) electrons. The Labute approximate surface area is 117 Å². The van der Waals surface area contributed by atoms with E-state index >= 15 is 0 Å². The molecule has 0 unspecified atom stereocenters. The van der Waals surface area contributed by atoms with Crippen LogP contribution in [0.15, 0.2) is 29.6 Å². The molecular weight excluding hydrogens is 311 g/mol. The van der Waals surface area contributed by atoms with Crippen LogP contribution in [0.3, 0.4) is 0 Å². The zero-order valence-corrected chi connectivity index (χ0v) is 11.2. The molecule has 4 N–H and O–H groups in total. The van der Waals surface area contributed by atoms with Gasteiger partial charge in [-0.15, -0.1) is 0 Å². The number of nitrogens with two attached hydrogens (primary N) is 1. The van der Waals surface area contributed by atoms with Crippen molar-refractivity contribution in [2.75, 3.05) is 4.72 Å². The fraction of sp³-hybridized carbons (Fsp3) is 0.200. The lowest BCUT2D eigenvalue weighted by Crippen LogP contribution is -2.17. The summed E-state index contributed by atoms with van der Waals surface area (Å²) in [6, 6.07) is 1.64. The maximum atomic E-state index is 12.4. The third-order valence-electron chi connectivity index (χ3n) is 2.47. The van der Waals surface area contributed by atoms with Crippen LogP contribution in [-0.4, -0.2) is 23.6 Å². The van der Waals surface area contributed by atoms with Gasteiger partial charge in [0.2, 0.25) is 0 Å². The summed E-state index contributed by atoms with van der Waals surface area (Å²) in [5.41, 5.74) is 4.39. The van der Waals surface area contributed by atoms with Crippen LogP contribution in [0.5, 0.6) is 0 Å². The van der Waals surface area contributed by atoms with Crippen molar-refractivity contribution in [3.8, 4) is 0 Å². The minimum Gasteiger partial charge on any atom is -0.326 e. The molecule has 0 atom stereocenters. The van der Waals surface area contributed by atoms with E-state index in [2.05, 4.69) is 19.9 Å². The normalized spacial score (nSPS) is 12.4. The van der Waals surface area contributed by atoms with Gasteiger partial charge in [-0.2, -0.15) is 26.7 Å². The molecule has 7 nitrogen and oxygen atoms in total. The van der Waals surface area contributed by atoms with Gasteiger partial charge >= 0.3 is 6.18 Å². The van der Waals surface area contributed by atoms with Crippen molar-refractivity contribution in [1.29, 1.82) is 0 Å². The molecule has 0 fully saturated rings. The van der Waals surface area contributed by atoms with Crippen LogP contribution in [0.25, 0.3) is 0 Å². The number of rotatable bonds is 4. The molecule has 11 heteroatoms. The van der Waals surface area contributed by atoms with E-state index in [9.17, 15) is 21.6 Å². The Kier molecular flexibility index (Phi) is 3.87. The first kappa shape index (κ1) is 15.3. The largest absolute Gasteiger partial charge is 0.433 e. The maximum Gasteiger partial charge on any atom is 0.433 e. The van der Waals surface area contributed by atoms with E-state index in [-0.39, 0.29) is 22.8 Å². The van der Waals surface area contributed by atoms with Crippen LogP contribution < -0.4 is 10.5 Å². The van der Waals surface area contributed by atoms with Crippen LogP contribution in [0.1, 0.15) is 11.3 Å². The van der Waals surface area contributed by atoms with Crippen molar-refractivity contribution in [2.45, 2.75) is 17.7 Å². The number of alkyl halides is 3. The van der Waals surface area contributed by atoms with Crippen LogP contribution in [-0.2, 0) is 22.7 Å². The minimum atomic E-state index is -4.59. The predicted molar refractivity (Wildman–Crippen MR) is 66.5 cm³/mol. The summed E-state index contributed by atoms with van der Waals surface area (Å²) in [5, 5.41) is 5.59. The van der Waals surface area contributed by atoms with E-state index in [0.717, 1.165) is 12.3 Å². The highest BCUT2D eigenvalue weighted by molar-refractivity contribution is 7.92. The second-order valence-corrected chi connectivity index (χ2v) is 5.58. The molecule has 2 aromatic heterocycles. The summed E-state index contributed by atoms with van der Waals surface area (Å²) in [5.74, 6) is 0. The Morgan fingerprint density at radius 1 is 1.29 bits per heavy atom. The van der Waals surface area contributed by atoms with E-state index in [0.29, 0.717) is 6.07 Å². The average molecular weight is 321 g/mol. The first-order valence-corrected chi connectivity index (χ1v) is 7.01. The summed E-state index contributed by atoms with van der Waals surface area (Å²) in [6.45, 7) is -0.0575. The van der Waals surface area contributed by atoms with E-state index in [1.807, 2.05) is 0 Å². The van der Waals surface area contributed by atoms with Crippen LogP contribution in [0.4, 0.5) is 18.9 Å². The molecule has 0 aromatic carbocycles. The molecule has 0 aliphatic carbocycles. The fourth-order valence-corrected chi connectivity index (χ4v) is 2.69. The highest BCUT2D eigenvalue weighted by atomic mass is 32.2. The zero-order valence-electron chi connectivity index (χ0n) is 10.3. The van der Waals surface area contributed by atoms with E-state index in [1.165, 1.54) is 6.20 Å². The summed E-state index contributed by atoms with van der Waals surface area (Å²) >= 11 is 0. The van der Waals surface area contributed by atoms with Crippen molar-refractivity contribution >= 4 is 15.7 Å². The standard InChI is InChI=1S/C10H10F3N5O2S/c11-10(12,13)8-2-1-7(5-15-8)18-21(19,20)9-6(3-14)4-16-17-9/h1-2,4-5,18H,3,14H2,(H,16,17). The molecule has 21 heavy (non-hydrogen) atoms. The lowest BCUT2D eigenvalue weighted by atomic mass is 10.3. The molecule has 0 amide bonds. The second-order valence-electron chi connectivity index (χ2n) is 3.96. The Morgan fingerprint density at radius 2 is 2.00 bits per heavy atom. The SMILES string of the molecule is NCc1cn[nH]c1S(=O)(=O)Nc1ccc(C(F)(F)F)nc1. The Morgan fingerprint density at radius 3 is 2.52 bits per heavy atom. The van der Waals surface area contributed by atoms with Crippen molar-refractivity contribution in [2.24, 2.45) is 5.73 Å². The molecular formula is C10H10F3N5O2S. The average Bonchev–Trinajstić information content (AvgIpc) is 2.87. The Bertz CT molecular complexity index is 724. The molecule has 0 spiro atoms. The van der Waals surface area contributed by atoms with Crippen LogP contribution in [0, 0.1) is 0 Å².